The van der Waals surface area contributed by atoms with Gasteiger partial charge < -0.3 is 0 Å². The molecule has 0 radical (unpaired) electrons. The molecule has 0 atom stereocenters. The minimum atomic E-state index is 1.09. The van der Waals surface area contributed by atoms with E-state index in [-0.39, 0.29) is 0 Å². The van der Waals surface area contributed by atoms with E-state index in [1.54, 1.807) is 0 Å². The van der Waals surface area contributed by atoms with Crippen LogP contribution >= 0.6 is 0 Å². The maximum absolute atomic E-state index is 3.12. The van der Waals surface area contributed by atoms with Crippen LogP contribution in [0.5, 0.6) is 0 Å². The summed E-state index contributed by atoms with van der Waals surface area (Å²) in [6, 6.07) is 0. The number of rotatable bonds is 13. The third-order valence-corrected chi connectivity index (χ3v) is 2.71. The fourth-order valence-corrected chi connectivity index (χ4v) is 1.74. The van der Waals surface area contributed by atoms with Crippen molar-refractivity contribution in [1.29, 1.82) is 0 Å². The summed E-state index contributed by atoms with van der Waals surface area (Å²) in [5, 5.41) is 0. The van der Waals surface area contributed by atoms with E-state index in [0.717, 1.165) is 13.1 Å². The molecular weight excluding hydrogens is 200 g/mol. The summed E-state index contributed by atoms with van der Waals surface area (Å²) in [5.41, 5.74) is 12.1. The summed E-state index contributed by atoms with van der Waals surface area (Å²) in [7, 11) is 3.84. The highest BCUT2D eigenvalue weighted by molar-refractivity contribution is 4.49. The normalized spacial score (nSPS) is 10.9. The minimum Gasteiger partial charge on any atom is -0.261 e. The molecule has 0 aliphatic carbocycles. The molecule has 0 rings (SSSR count). The van der Waals surface area contributed by atoms with Gasteiger partial charge in [0, 0.05) is 13.1 Å². The first-order valence-electron chi connectivity index (χ1n) is 6.71. The predicted octanol–water partition coefficient (Wildman–Crippen LogP) is 1.56. The van der Waals surface area contributed by atoms with Gasteiger partial charge in [0.2, 0.25) is 0 Å². The summed E-state index contributed by atoms with van der Waals surface area (Å²) in [6.45, 7) is 2.18. The molecule has 16 heavy (non-hydrogen) atoms. The molecule has 0 bridgehead atoms. The van der Waals surface area contributed by atoms with E-state index >= 15 is 0 Å². The monoisotopic (exact) mass is 230 g/mol. The molecule has 0 aliphatic heterocycles. The SMILES string of the molecule is CNNCCCCCCCCCCNNC. The Morgan fingerprint density at radius 2 is 0.812 bits per heavy atom. The maximum atomic E-state index is 3.12. The Morgan fingerprint density at radius 3 is 1.12 bits per heavy atom. The molecule has 0 saturated carbocycles. The van der Waals surface area contributed by atoms with Crippen molar-refractivity contribution in [3.05, 3.63) is 0 Å². The lowest BCUT2D eigenvalue weighted by atomic mass is 10.1. The fourth-order valence-electron chi connectivity index (χ4n) is 1.74. The molecule has 0 aromatic rings. The second kappa shape index (κ2) is 14.8. The summed E-state index contributed by atoms with van der Waals surface area (Å²) < 4.78 is 0. The standard InChI is InChI=1S/C12H30N4/c1-13-15-11-9-7-5-3-4-6-8-10-12-16-14-2/h13-16H,3-12H2,1-2H3. The van der Waals surface area contributed by atoms with Gasteiger partial charge in [-0.3, -0.25) is 21.7 Å². The first-order valence-corrected chi connectivity index (χ1v) is 6.71. The van der Waals surface area contributed by atoms with E-state index in [4.69, 9.17) is 0 Å². The summed E-state index contributed by atoms with van der Waals surface area (Å²) in [6.07, 6.45) is 10.9. The molecule has 0 fully saturated rings. The Labute approximate surface area is 101 Å². The third kappa shape index (κ3) is 13.8. The molecule has 4 N–H and O–H groups in total. The Kier molecular flexibility index (Phi) is 14.7. The van der Waals surface area contributed by atoms with Crippen molar-refractivity contribution < 1.29 is 0 Å². The van der Waals surface area contributed by atoms with Crippen LogP contribution in [0, 0.1) is 0 Å². The van der Waals surface area contributed by atoms with Gasteiger partial charge >= 0.3 is 0 Å². The lowest BCUT2D eigenvalue weighted by Gasteiger charge is -2.04. The average molecular weight is 230 g/mol. The predicted molar refractivity (Wildman–Crippen MR) is 71.1 cm³/mol. The largest absolute Gasteiger partial charge is 0.261 e. The van der Waals surface area contributed by atoms with Gasteiger partial charge in [0.15, 0.2) is 0 Å². The summed E-state index contributed by atoms with van der Waals surface area (Å²) >= 11 is 0. The second-order valence-electron chi connectivity index (χ2n) is 4.18. The van der Waals surface area contributed by atoms with Crippen LogP contribution in [0.2, 0.25) is 0 Å². The molecule has 0 aliphatic rings. The smallest absolute Gasteiger partial charge is 0.00996 e. The van der Waals surface area contributed by atoms with Crippen LogP contribution in [-0.4, -0.2) is 27.2 Å². The lowest BCUT2D eigenvalue weighted by Crippen LogP contribution is -2.28. The van der Waals surface area contributed by atoms with Crippen LogP contribution in [0.4, 0.5) is 0 Å². The molecule has 4 nitrogen and oxygen atoms in total. The zero-order valence-corrected chi connectivity index (χ0v) is 11.1. The number of hydrogen-bond donors (Lipinski definition) is 4. The highest BCUT2D eigenvalue weighted by atomic mass is 15.3. The van der Waals surface area contributed by atoms with Gasteiger partial charge in [0.05, 0.1) is 0 Å². The third-order valence-electron chi connectivity index (χ3n) is 2.71. The minimum absolute atomic E-state index is 1.09. The van der Waals surface area contributed by atoms with Crippen molar-refractivity contribution in [3.63, 3.8) is 0 Å². The van der Waals surface area contributed by atoms with Crippen molar-refractivity contribution in [1.82, 2.24) is 21.7 Å². The number of nitrogens with one attached hydrogen (secondary N) is 4. The van der Waals surface area contributed by atoms with Gasteiger partial charge in [-0.15, -0.1) is 0 Å². The maximum Gasteiger partial charge on any atom is 0.00996 e. The topological polar surface area (TPSA) is 48.1 Å². The highest BCUT2D eigenvalue weighted by Crippen LogP contribution is 2.07. The first kappa shape index (κ1) is 15.8. The van der Waals surface area contributed by atoms with Gasteiger partial charge in [-0.1, -0.05) is 38.5 Å². The highest BCUT2D eigenvalue weighted by Gasteiger charge is 1.92. The summed E-state index contributed by atoms with van der Waals surface area (Å²) in [4.78, 5) is 0. The molecule has 0 unspecified atom stereocenters. The molecule has 0 aromatic heterocycles. The molecule has 0 amide bonds. The van der Waals surface area contributed by atoms with Crippen molar-refractivity contribution >= 4 is 0 Å². The van der Waals surface area contributed by atoms with Crippen molar-refractivity contribution in [3.8, 4) is 0 Å². The van der Waals surface area contributed by atoms with Gasteiger partial charge in [-0.25, -0.2) is 0 Å². The lowest BCUT2D eigenvalue weighted by molar-refractivity contribution is 0.514. The molecular formula is C12H30N4. The Balaban J connectivity index is 2.83. The van der Waals surface area contributed by atoms with Gasteiger partial charge in [0.25, 0.3) is 0 Å². The Morgan fingerprint density at radius 1 is 0.500 bits per heavy atom. The van der Waals surface area contributed by atoms with Crippen LogP contribution in [0.3, 0.4) is 0 Å². The number of hydrazine groups is 2. The van der Waals surface area contributed by atoms with Crippen molar-refractivity contribution in [2.45, 2.75) is 51.4 Å². The van der Waals surface area contributed by atoms with E-state index in [9.17, 15) is 0 Å². The number of unbranched alkanes of at least 4 members (excludes halogenated alkanes) is 7. The van der Waals surface area contributed by atoms with Gasteiger partial charge in [0.1, 0.15) is 0 Å². The van der Waals surface area contributed by atoms with Gasteiger partial charge in [-0.2, -0.15) is 0 Å². The van der Waals surface area contributed by atoms with E-state index < -0.39 is 0 Å². The Hall–Kier alpha value is -0.160. The zero-order valence-electron chi connectivity index (χ0n) is 11.1. The number of hydrogen-bond acceptors (Lipinski definition) is 4. The molecule has 0 heterocycles. The molecule has 0 spiro atoms. The Bertz CT molecular complexity index is 106. The van der Waals surface area contributed by atoms with Crippen LogP contribution in [0.15, 0.2) is 0 Å². The first-order chi connectivity index (χ1) is 7.91. The van der Waals surface area contributed by atoms with E-state index in [0.29, 0.717) is 0 Å². The quantitative estimate of drug-likeness (QED) is 0.286. The van der Waals surface area contributed by atoms with E-state index in [1.165, 1.54) is 51.4 Å². The van der Waals surface area contributed by atoms with Crippen LogP contribution in [0.1, 0.15) is 51.4 Å². The van der Waals surface area contributed by atoms with E-state index in [2.05, 4.69) is 21.7 Å². The van der Waals surface area contributed by atoms with Crippen molar-refractivity contribution in [2.24, 2.45) is 0 Å². The van der Waals surface area contributed by atoms with Crippen LogP contribution < -0.4 is 21.7 Å². The van der Waals surface area contributed by atoms with Crippen LogP contribution in [-0.2, 0) is 0 Å². The van der Waals surface area contributed by atoms with Crippen LogP contribution in [0.25, 0.3) is 0 Å². The summed E-state index contributed by atoms with van der Waals surface area (Å²) in [5.74, 6) is 0. The van der Waals surface area contributed by atoms with E-state index in [1.807, 2.05) is 14.1 Å². The molecule has 4 heteroatoms. The fraction of sp³-hybridized carbons (Fsp3) is 1.00. The zero-order chi connectivity index (χ0) is 11.9. The molecule has 0 saturated heterocycles. The second-order valence-corrected chi connectivity index (χ2v) is 4.18. The average Bonchev–Trinajstić information content (AvgIpc) is 2.31. The van der Waals surface area contributed by atoms with Gasteiger partial charge in [-0.05, 0) is 26.9 Å². The van der Waals surface area contributed by atoms with Crippen molar-refractivity contribution in [2.75, 3.05) is 27.2 Å². The molecule has 0 aromatic carbocycles. The molecule has 98 valence electrons.